The van der Waals surface area contributed by atoms with Gasteiger partial charge in [0.25, 0.3) is 0 Å². The van der Waals surface area contributed by atoms with Crippen LogP contribution in [0.15, 0.2) is 0 Å². The molecule has 0 fully saturated rings. The minimum atomic E-state index is -0.335. The largest absolute Gasteiger partial charge is 0.468 e. The van der Waals surface area contributed by atoms with Crippen LogP contribution in [0.1, 0.15) is 26.6 Å². The van der Waals surface area contributed by atoms with Crippen molar-refractivity contribution in [2.24, 2.45) is 0 Å². The number of carbonyl (C=O) groups is 1. The number of ether oxygens (including phenoxy) is 1. The van der Waals surface area contributed by atoms with E-state index in [1.807, 2.05) is 20.8 Å². The summed E-state index contributed by atoms with van der Waals surface area (Å²) in [6.45, 7) is 6.11. The Bertz CT molecular complexity index is 414. The van der Waals surface area contributed by atoms with E-state index in [4.69, 9.17) is 12.2 Å². The summed E-state index contributed by atoms with van der Waals surface area (Å²) in [5.74, 6) is 0.413. The second-order valence-electron chi connectivity index (χ2n) is 4.26. The van der Waals surface area contributed by atoms with E-state index < -0.39 is 0 Å². The molecule has 1 aromatic heterocycles. The Balaban J connectivity index is 3.11. The van der Waals surface area contributed by atoms with Crippen molar-refractivity contribution in [3.8, 4) is 0 Å². The van der Waals surface area contributed by atoms with Crippen molar-refractivity contribution in [2.75, 3.05) is 7.11 Å². The van der Waals surface area contributed by atoms with E-state index >= 15 is 0 Å². The van der Waals surface area contributed by atoms with Crippen molar-refractivity contribution >= 4 is 18.2 Å². The van der Waals surface area contributed by atoms with Crippen LogP contribution in [-0.4, -0.2) is 27.8 Å². The van der Waals surface area contributed by atoms with Crippen LogP contribution in [0.25, 0.3) is 0 Å². The molecule has 0 unspecified atom stereocenters. The molecule has 1 rings (SSSR count). The van der Waals surface area contributed by atoms with E-state index in [1.165, 1.54) is 7.11 Å². The van der Waals surface area contributed by atoms with Crippen molar-refractivity contribution in [3.05, 3.63) is 10.6 Å². The van der Waals surface area contributed by atoms with Crippen LogP contribution in [0.4, 0.5) is 0 Å². The van der Waals surface area contributed by atoms with Gasteiger partial charge in [0.05, 0.1) is 7.11 Å². The summed E-state index contributed by atoms with van der Waals surface area (Å²) in [6.07, 6.45) is 0. The maximum atomic E-state index is 11.2. The maximum Gasteiger partial charge on any atom is 0.325 e. The minimum absolute atomic E-state index is 0.0957. The molecular weight excluding hydrogens is 214 g/mol. The molecule has 0 spiro atoms. The average Bonchev–Trinajstić information content (AvgIpc) is 2.47. The standard InChI is InChI=1S/C9H15N3O2S/c1-9(2,3)7-10-11-8(15)12(7)5-6(13)14-4/h5H2,1-4H3,(H,11,15). The van der Waals surface area contributed by atoms with Gasteiger partial charge in [0.1, 0.15) is 12.4 Å². The number of carbonyl (C=O) groups excluding carboxylic acids is 1. The number of hydrogen-bond acceptors (Lipinski definition) is 4. The second kappa shape index (κ2) is 4.14. The lowest BCUT2D eigenvalue weighted by molar-refractivity contribution is -0.141. The van der Waals surface area contributed by atoms with Gasteiger partial charge in [-0.3, -0.25) is 14.5 Å². The summed E-state index contributed by atoms with van der Waals surface area (Å²) >= 11 is 5.05. The van der Waals surface area contributed by atoms with Crippen molar-refractivity contribution in [1.29, 1.82) is 0 Å². The Morgan fingerprint density at radius 1 is 1.60 bits per heavy atom. The minimum Gasteiger partial charge on any atom is -0.468 e. The van der Waals surface area contributed by atoms with E-state index in [1.54, 1.807) is 4.57 Å². The Morgan fingerprint density at radius 2 is 2.20 bits per heavy atom. The second-order valence-corrected chi connectivity index (χ2v) is 4.65. The highest BCUT2D eigenvalue weighted by atomic mass is 32.1. The number of nitrogens with one attached hydrogen (secondary N) is 1. The van der Waals surface area contributed by atoms with Crippen LogP contribution < -0.4 is 0 Å². The fraction of sp³-hybridized carbons (Fsp3) is 0.667. The molecule has 0 saturated carbocycles. The number of aromatic nitrogens is 3. The molecule has 0 radical (unpaired) electrons. The lowest BCUT2D eigenvalue weighted by Crippen LogP contribution is -2.22. The quantitative estimate of drug-likeness (QED) is 0.615. The third kappa shape index (κ3) is 2.65. The smallest absolute Gasteiger partial charge is 0.325 e. The third-order valence-corrected chi connectivity index (χ3v) is 2.26. The first-order chi connectivity index (χ1) is 6.86. The SMILES string of the molecule is COC(=O)Cn1c(C(C)(C)C)n[nH]c1=S. The van der Waals surface area contributed by atoms with Crippen LogP contribution in [0.2, 0.25) is 0 Å². The van der Waals surface area contributed by atoms with Gasteiger partial charge in [-0.1, -0.05) is 20.8 Å². The first-order valence-corrected chi connectivity index (χ1v) is 4.99. The van der Waals surface area contributed by atoms with E-state index in [-0.39, 0.29) is 17.9 Å². The molecule has 1 aromatic rings. The van der Waals surface area contributed by atoms with Crippen LogP contribution in [0.3, 0.4) is 0 Å². The zero-order chi connectivity index (χ0) is 11.6. The molecule has 0 aliphatic heterocycles. The highest BCUT2D eigenvalue weighted by Gasteiger charge is 2.22. The van der Waals surface area contributed by atoms with Crippen LogP contribution in [-0.2, 0) is 21.5 Å². The Morgan fingerprint density at radius 3 is 2.67 bits per heavy atom. The van der Waals surface area contributed by atoms with Crippen LogP contribution in [0, 0.1) is 4.77 Å². The van der Waals surface area contributed by atoms with Gasteiger partial charge in [-0.15, -0.1) is 0 Å². The van der Waals surface area contributed by atoms with Gasteiger partial charge in [-0.25, -0.2) is 0 Å². The third-order valence-electron chi connectivity index (χ3n) is 1.94. The van der Waals surface area contributed by atoms with E-state index in [9.17, 15) is 4.79 Å². The summed E-state index contributed by atoms with van der Waals surface area (Å²) < 4.78 is 6.69. The zero-order valence-corrected chi connectivity index (χ0v) is 10.1. The Labute approximate surface area is 93.4 Å². The Hall–Kier alpha value is -1.17. The maximum absolute atomic E-state index is 11.2. The van der Waals surface area contributed by atoms with E-state index in [2.05, 4.69) is 14.9 Å². The predicted octanol–water partition coefficient (Wildman–Crippen LogP) is 1.41. The van der Waals surface area contributed by atoms with Gasteiger partial charge >= 0.3 is 5.97 Å². The molecule has 1 heterocycles. The molecule has 0 aromatic carbocycles. The molecule has 0 aliphatic carbocycles. The molecule has 0 aliphatic rings. The van der Waals surface area contributed by atoms with Gasteiger partial charge in [0.2, 0.25) is 0 Å². The molecular formula is C9H15N3O2S. The van der Waals surface area contributed by atoms with Gasteiger partial charge in [0.15, 0.2) is 4.77 Å². The molecule has 84 valence electrons. The zero-order valence-electron chi connectivity index (χ0n) is 9.33. The highest BCUT2D eigenvalue weighted by molar-refractivity contribution is 7.71. The number of methoxy groups -OCH3 is 1. The van der Waals surface area contributed by atoms with Crippen molar-refractivity contribution in [2.45, 2.75) is 32.7 Å². The van der Waals surface area contributed by atoms with Crippen LogP contribution >= 0.6 is 12.2 Å². The monoisotopic (exact) mass is 229 g/mol. The number of H-pyrrole nitrogens is 1. The lowest BCUT2D eigenvalue weighted by Gasteiger charge is -2.17. The number of rotatable bonds is 2. The molecule has 0 bridgehead atoms. The average molecular weight is 229 g/mol. The van der Waals surface area contributed by atoms with E-state index in [0.717, 1.165) is 5.82 Å². The summed E-state index contributed by atoms with van der Waals surface area (Å²) in [7, 11) is 1.35. The highest BCUT2D eigenvalue weighted by Crippen LogP contribution is 2.19. The molecule has 1 N–H and O–H groups in total. The molecule has 0 saturated heterocycles. The van der Waals surface area contributed by atoms with E-state index in [0.29, 0.717) is 4.77 Å². The van der Waals surface area contributed by atoms with Crippen molar-refractivity contribution < 1.29 is 9.53 Å². The fourth-order valence-corrected chi connectivity index (χ4v) is 1.43. The molecule has 0 atom stereocenters. The topological polar surface area (TPSA) is 59.9 Å². The number of aromatic amines is 1. The van der Waals surface area contributed by atoms with Gasteiger partial charge in [-0.05, 0) is 12.2 Å². The van der Waals surface area contributed by atoms with Crippen LogP contribution in [0.5, 0.6) is 0 Å². The number of esters is 1. The summed E-state index contributed by atoms with van der Waals surface area (Å²) in [5.41, 5.74) is -0.165. The van der Waals surface area contributed by atoms with Gasteiger partial charge < -0.3 is 4.74 Å². The summed E-state index contributed by atoms with van der Waals surface area (Å²) in [4.78, 5) is 11.2. The molecule has 5 nitrogen and oxygen atoms in total. The molecule has 0 amide bonds. The van der Waals surface area contributed by atoms with Crippen molar-refractivity contribution in [3.63, 3.8) is 0 Å². The lowest BCUT2D eigenvalue weighted by atomic mass is 9.96. The molecule has 6 heteroatoms. The fourth-order valence-electron chi connectivity index (χ4n) is 1.23. The summed E-state index contributed by atoms with van der Waals surface area (Å²) in [6, 6.07) is 0. The number of nitrogens with zero attached hydrogens (tertiary/aromatic N) is 2. The predicted molar refractivity (Wildman–Crippen MR) is 58.1 cm³/mol. The first kappa shape index (κ1) is 11.9. The van der Waals surface area contributed by atoms with Gasteiger partial charge in [0, 0.05) is 5.41 Å². The number of hydrogen-bond donors (Lipinski definition) is 1. The first-order valence-electron chi connectivity index (χ1n) is 4.58. The van der Waals surface area contributed by atoms with Gasteiger partial charge in [-0.2, -0.15) is 5.10 Å². The molecule has 15 heavy (non-hydrogen) atoms. The normalized spacial score (nSPS) is 11.5. The van der Waals surface area contributed by atoms with Crippen molar-refractivity contribution in [1.82, 2.24) is 14.8 Å². The summed E-state index contributed by atoms with van der Waals surface area (Å²) in [5, 5.41) is 6.79. The Kier molecular flexibility index (Phi) is 3.28.